The predicted molar refractivity (Wildman–Crippen MR) is 77.0 cm³/mol. The molecule has 5 heteroatoms. The normalized spacial score (nSPS) is 11.2. The molecule has 3 nitrogen and oxygen atoms in total. The average molecular weight is 288 g/mol. The fraction of sp³-hybridized carbons (Fsp3) is 0.188. The van der Waals surface area contributed by atoms with E-state index in [2.05, 4.69) is 4.98 Å². The molecule has 0 atom stereocenters. The largest absolute Gasteiger partial charge is 0.507 e. The van der Waals surface area contributed by atoms with Crippen LogP contribution in [0.25, 0.3) is 22.4 Å². The van der Waals surface area contributed by atoms with E-state index in [0.29, 0.717) is 23.4 Å². The van der Waals surface area contributed by atoms with Crippen LogP contribution in [0.4, 0.5) is 8.78 Å². The van der Waals surface area contributed by atoms with E-state index in [1.807, 2.05) is 11.5 Å². The Labute approximate surface area is 120 Å². The highest BCUT2D eigenvalue weighted by molar-refractivity contribution is 5.82. The first-order valence-corrected chi connectivity index (χ1v) is 6.75. The van der Waals surface area contributed by atoms with Gasteiger partial charge in [-0.25, -0.2) is 13.8 Å². The Kier molecular flexibility index (Phi) is 3.33. The Morgan fingerprint density at radius 3 is 2.52 bits per heavy atom. The van der Waals surface area contributed by atoms with Gasteiger partial charge >= 0.3 is 0 Å². The van der Waals surface area contributed by atoms with Gasteiger partial charge in [0.05, 0.1) is 16.6 Å². The predicted octanol–water partition coefficient (Wildman–Crippen LogP) is 4.10. The molecule has 0 aliphatic heterocycles. The van der Waals surface area contributed by atoms with Crippen LogP contribution in [0.15, 0.2) is 36.4 Å². The Hall–Kier alpha value is -2.43. The first-order valence-electron chi connectivity index (χ1n) is 6.75. The number of fused-ring (bicyclic) bond motifs is 1. The van der Waals surface area contributed by atoms with Gasteiger partial charge in [0.15, 0.2) is 0 Å². The van der Waals surface area contributed by atoms with Crippen molar-refractivity contribution in [2.75, 3.05) is 0 Å². The maximum absolute atomic E-state index is 13.3. The Balaban J connectivity index is 2.27. The average Bonchev–Trinajstić information content (AvgIpc) is 2.77. The number of rotatable bonds is 3. The lowest BCUT2D eigenvalue weighted by atomic mass is 10.2. The summed E-state index contributed by atoms with van der Waals surface area (Å²) in [5.41, 5.74) is 1.74. The highest BCUT2D eigenvalue weighted by Crippen LogP contribution is 2.32. The van der Waals surface area contributed by atoms with E-state index in [4.69, 9.17) is 0 Å². The third kappa shape index (κ3) is 2.35. The van der Waals surface area contributed by atoms with Crippen molar-refractivity contribution in [3.8, 4) is 17.1 Å². The number of nitrogens with zero attached hydrogens (tertiary/aromatic N) is 2. The molecule has 3 aromatic rings. The fourth-order valence-electron chi connectivity index (χ4n) is 2.45. The van der Waals surface area contributed by atoms with Crippen LogP contribution in [0.3, 0.4) is 0 Å². The molecule has 0 saturated heterocycles. The molecule has 108 valence electrons. The van der Waals surface area contributed by atoms with Gasteiger partial charge in [-0.1, -0.05) is 6.92 Å². The molecule has 1 heterocycles. The monoisotopic (exact) mass is 288 g/mol. The quantitative estimate of drug-likeness (QED) is 0.788. The molecule has 0 fully saturated rings. The van der Waals surface area contributed by atoms with E-state index in [0.717, 1.165) is 18.0 Å². The van der Waals surface area contributed by atoms with E-state index in [1.54, 1.807) is 6.07 Å². The summed E-state index contributed by atoms with van der Waals surface area (Å²) in [4.78, 5) is 4.39. The minimum absolute atomic E-state index is 0.178. The van der Waals surface area contributed by atoms with E-state index >= 15 is 0 Å². The van der Waals surface area contributed by atoms with Crippen LogP contribution in [0.1, 0.15) is 13.3 Å². The zero-order chi connectivity index (χ0) is 15.0. The summed E-state index contributed by atoms with van der Waals surface area (Å²) in [6.45, 7) is 2.69. The number of phenolic OH excluding ortho intramolecular Hbond substituents is 1. The molecule has 1 N–H and O–H groups in total. The topological polar surface area (TPSA) is 38.0 Å². The molecule has 1 aromatic heterocycles. The summed E-state index contributed by atoms with van der Waals surface area (Å²) in [5.74, 6) is -0.544. The Bertz CT molecular complexity index is 811. The van der Waals surface area contributed by atoms with Gasteiger partial charge in [-0.2, -0.15) is 0 Å². The SMILES string of the molecule is CCCn1c(-c2ccc(F)cc2O)nc2cc(F)ccc21. The molecule has 3 rings (SSSR count). The highest BCUT2D eigenvalue weighted by atomic mass is 19.1. The van der Waals surface area contributed by atoms with Crippen LogP contribution in [0, 0.1) is 11.6 Å². The molecule has 0 spiro atoms. The number of benzene rings is 2. The molecular formula is C16H14F2N2O. The highest BCUT2D eigenvalue weighted by Gasteiger charge is 2.16. The standard InChI is InChI=1S/C16H14F2N2O/c1-2-7-20-14-6-4-10(17)8-13(14)19-16(20)12-5-3-11(18)9-15(12)21/h3-6,8-9,21H,2,7H2,1H3. The van der Waals surface area contributed by atoms with Crippen LogP contribution < -0.4 is 0 Å². The molecule has 0 saturated carbocycles. The van der Waals surface area contributed by atoms with Crippen molar-refractivity contribution in [2.45, 2.75) is 19.9 Å². The lowest BCUT2D eigenvalue weighted by molar-refractivity contribution is 0.470. The second-order valence-electron chi connectivity index (χ2n) is 4.88. The Morgan fingerprint density at radius 1 is 1.10 bits per heavy atom. The van der Waals surface area contributed by atoms with Crippen LogP contribution in [-0.2, 0) is 6.54 Å². The fourth-order valence-corrected chi connectivity index (χ4v) is 2.45. The summed E-state index contributed by atoms with van der Waals surface area (Å²) in [7, 11) is 0. The minimum atomic E-state index is -0.513. The zero-order valence-electron chi connectivity index (χ0n) is 11.5. The molecular weight excluding hydrogens is 274 g/mol. The van der Waals surface area contributed by atoms with Gasteiger partial charge in [0, 0.05) is 18.7 Å². The Morgan fingerprint density at radius 2 is 1.81 bits per heavy atom. The van der Waals surface area contributed by atoms with Gasteiger partial charge in [-0.05, 0) is 30.7 Å². The molecule has 21 heavy (non-hydrogen) atoms. The molecule has 0 unspecified atom stereocenters. The third-order valence-electron chi connectivity index (χ3n) is 3.36. The summed E-state index contributed by atoms with van der Waals surface area (Å²) in [6, 6.07) is 8.19. The molecule has 0 radical (unpaired) electrons. The first-order chi connectivity index (χ1) is 10.1. The van der Waals surface area contributed by atoms with Crippen LogP contribution >= 0.6 is 0 Å². The van der Waals surface area contributed by atoms with Gasteiger partial charge in [0.25, 0.3) is 0 Å². The van der Waals surface area contributed by atoms with Crippen molar-refractivity contribution in [1.29, 1.82) is 0 Å². The second kappa shape index (κ2) is 5.16. The van der Waals surface area contributed by atoms with E-state index in [9.17, 15) is 13.9 Å². The van der Waals surface area contributed by atoms with Crippen LogP contribution in [0.2, 0.25) is 0 Å². The van der Waals surface area contributed by atoms with Gasteiger partial charge in [0.1, 0.15) is 23.2 Å². The summed E-state index contributed by atoms with van der Waals surface area (Å²) >= 11 is 0. The number of phenols is 1. The number of aryl methyl sites for hydroxylation is 1. The van der Waals surface area contributed by atoms with Crippen molar-refractivity contribution in [3.05, 3.63) is 48.0 Å². The van der Waals surface area contributed by atoms with Gasteiger partial charge in [-0.3, -0.25) is 0 Å². The second-order valence-corrected chi connectivity index (χ2v) is 4.88. The first kappa shape index (κ1) is 13.5. The maximum atomic E-state index is 13.3. The van der Waals surface area contributed by atoms with Crippen LogP contribution in [0.5, 0.6) is 5.75 Å². The van der Waals surface area contributed by atoms with E-state index in [1.165, 1.54) is 24.3 Å². The number of aromatic hydroxyl groups is 1. The third-order valence-corrected chi connectivity index (χ3v) is 3.36. The number of imidazole rings is 1. The molecule has 0 aliphatic carbocycles. The van der Waals surface area contributed by atoms with E-state index in [-0.39, 0.29) is 11.6 Å². The van der Waals surface area contributed by atoms with Crippen molar-refractivity contribution in [3.63, 3.8) is 0 Å². The van der Waals surface area contributed by atoms with Crippen molar-refractivity contribution in [1.82, 2.24) is 9.55 Å². The van der Waals surface area contributed by atoms with Crippen LogP contribution in [-0.4, -0.2) is 14.7 Å². The summed E-state index contributed by atoms with van der Waals surface area (Å²) in [6.07, 6.45) is 0.859. The summed E-state index contributed by atoms with van der Waals surface area (Å²) < 4.78 is 28.4. The molecule has 0 bridgehead atoms. The van der Waals surface area contributed by atoms with Crippen molar-refractivity contribution < 1.29 is 13.9 Å². The number of hydrogen-bond acceptors (Lipinski definition) is 2. The number of hydrogen-bond donors (Lipinski definition) is 1. The lowest BCUT2D eigenvalue weighted by Gasteiger charge is -2.09. The maximum Gasteiger partial charge on any atom is 0.144 e. The smallest absolute Gasteiger partial charge is 0.144 e. The molecule has 0 amide bonds. The zero-order valence-corrected chi connectivity index (χ0v) is 11.5. The van der Waals surface area contributed by atoms with Gasteiger partial charge in [-0.15, -0.1) is 0 Å². The number of aromatic nitrogens is 2. The minimum Gasteiger partial charge on any atom is -0.507 e. The lowest BCUT2D eigenvalue weighted by Crippen LogP contribution is -2.00. The van der Waals surface area contributed by atoms with Crippen molar-refractivity contribution >= 4 is 11.0 Å². The van der Waals surface area contributed by atoms with Crippen molar-refractivity contribution in [2.24, 2.45) is 0 Å². The summed E-state index contributed by atoms with van der Waals surface area (Å²) in [5, 5.41) is 9.95. The van der Waals surface area contributed by atoms with E-state index < -0.39 is 5.82 Å². The molecule has 0 aliphatic rings. The molecule has 2 aromatic carbocycles. The van der Waals surface area contributed by atoms with Gasteiger partial charge < -0.3 is 9.67 Å². The number of halogens is 2. The van der Waals surface area contributed by atoms with Gasteiger partial charge in [0.2, 0.25) is 0 Å².